The van der Waals surface area contributed by atoms with Gasteiger partial charge in [-0.3, -0.25) is 9.99 Å². The van der Waals surface area contributed by atoms with Gasteiger partial charge in [0.15, 0.2) is 0 Å². The van der Waals surface area contributed by atoms with Gasteiger partial charge in [-0.1, -0.05) is 11.8 Å². The van der Waals surface area contributed by atoms with Crippen LogP contribution in [-0.4, -0.2) is 28.0 Å². The summed E-state index contributed by atoms with van der Waals surface area (Å²) in [7, 11) is 1.97. The molecule has 62 valence electrons. The minimum absolute atomic E-state index is 0.935. The highest BCUT2D eigenvalue weighted by atomic mass is 32.2. The molecule has 0 radical (unpaired) electrons. The number of hydrogen-bond acceptors (Lipinski definition) is 4. The van der Waals surface area contributed by atoms with E-state index in [1.165, 1.54) is 0 Å². The summed E-state index contributed by atoms with van der Waals surface area (Å²) in [5, 5.41) is 7.32. The zero-order chi connectivity index (χ0) is 8.39. The molecule has 1 aliphatic heterocycles. The molecule has 0 amide bonds. The number of aromatic nitrogens is 1. The zero-order valence-electron chi connectivity index (χ0n) is 6.77. The highest BCUT2D eigenvalue weighted by Crippen LogP contribution is 2.20. The first-order valence-electron chi connectivity index (χ1n) is 3.69. The monoisotopic (exact) mass is 179 g/mol. The van der Waals surface area contributed by atoms with Crippen LogP contribution in [0.25, 0.3) is 0 Å². The average Bonchev–Trinajstić information content (AvgIpc) is 2.54. The van der Waals surface area contributed by atoms with E-state index in [9.17, 15) is 0 Å². The van der Waals surface area contributed by atoms with Crippen molar-refractivity contribution < 1.29 is 0 Å². The Labute approximate surface area is 75.5 Å². The SMILES string of the molecule is CN1CSC(c2cccnc2)=N1. The molecule has 0 unspecified atom stereocenters. The molecule has 12 heavy (non-hydrogen) atoms. The Balaban J connectivity index is 2.27. The summed E-state index contributed by atoms with van der Waals surface area (Å²) in [4.78, 5) is 4.04. The van der Waals surface area contributed by atoms with Crippen molar-refractivity contribution in [3.05, 3.63) is 30.1 Å². The van der Waals surface area contributed by atoms with Crippen LogP contribution in [0.3, 0.4) is 0 Å². The van der Waals surface area contributed by atoms with E-state index in [1.54, 1.807) is 18.0 Å². The Morgan fingerprint density at radius 2 is 2.50 bits per heavy atom. The van der Waals surface area contributed by atoms with E-state index < -0.39 is 0 Å². The van der Waals surface area contributed by atoms with Crippen molar-refractivity contribution in [1.82, 2.24) is 9.99 Å². The van der Waals surface area contributed by atoms with Gasteiger partial charge in [-0.15, -0.1) is 0 Å². The van der Waals surface area contributed by atoms with Gasteiger partial charge in [0.2, 0.25) is 0 Å². The lowest BCUT2D eigenvalue weighted by Crippen LogP contribution is -2.02. The van der Waals surface area contributed by atoms with Crippen molar-refractivity contribution >= 4 is 16.8 Å². The summed E-state index contributed by atoms with van der Waals surface area (Å²) in [5.74, 6) is 0.935. The smallest absolute Gasteiger partial charge is 0.127 e. The summed E-state index contributed by atoms with van der Waals surface area (Å²) in [6.07, 6.45) is 3.61. The van der Waals surface area contributed by atoms with Crippen LogP contribution in [0.15, 0.2) is 29.6 Å². The van der Waals surface area contributed by atoms with Gasteiger partial charge < -0.3 is 0 Å². The molecule has 1 aliphatic rings. The van der Waals surface area contributed by atoms with Crippen molar-refractivity contribution in [2.45, 2.75) is 0 Å². The fourth-order valence-electron chi connectivity index (χ4n) is 0.998. The van der Waals surface area contributed by atoms with E-state index in [0.29, 0.717) is 0 Å². The molecule has 0 aliphatic carbocycles. The predicted molar refractivity (Wildman–Crippen MR) is 51.0 cm³/mol. The third kappa shape index (κ3) is 1.43. The molecule has 0 fully saturated rings. The normalized spacial score (nSPS) is 16.4. The largest absolute Gasteiger partial charge is 0.289 e. The van der Waals surface area contributed by atoms with Gasteiger partial charge in [0, 0.05) is 25.0 Å². The van der Waals surface area contributed by atoms with E-state index in [-0.39, 0.29) is 0 Å². The zero-order valence-corrected chi connectivity index (χ0v) is 7.58. The lowest BCUT2D eigenvalue weighted by molar-refractivity contribution is 0.430. The van der Waals surface area contributed by atoms with E-state index in [2.05, 4.69) is 10.1 Å². The second-order valence-corrected chi connectivity index (χ2v) is 3.51. The van der Waals surface area contributed by atoms with Crippen LogP contribution in [0.5, 0.6) is 0 Å². The molecule has 0 atom stereocenters. The molecule has 0 spiro atoms. The number of hydrazone groups is 1. The number of pyridine rings is 1. The first-order valence-corrected chi connectivity index (χ1v) is 4.68. The first kappa shape index (κ1) is 7.61. The quantitative estimate of drug-likeness (QED) is 0.652. The number of thioether (sulfide) groups is 1. The van der Waals surface area contributed by atoms with Crippen LogP contribution in [-0.2, 0) is 0 Å². The van der Waals surface area contributed by atoms with Crippen molar-refractivity contribution in [3.8, 4) is 0 Å². The van der Waals surface area contributed by atoms with Crippen molar-refractivity contribution in [3.63, 3.8) is 0 Å². The van der Waals surface area contributed by atoms with E-state index >= 15 is 0 Å². The number of nitrogens with zero attached hydrogens (tertiary/aromatic N) is 3. The van der Waals surface area contributed by atoms with E-state index in [0.717, 1.165) is 16.5 Å². The van der Waals surface area contributed by atoms with Crippen LogP contribution < -0.4 is 0 Å². The van der Waals surface area contributed by atoms with Crippen molar-refractivity contribution in [1.29, 1.82) is 0 Å². The Morgan fingerprint density at radius 1 is 1.58 bits per heavy atom. The molecular weight excluding hydrogens is 170 g/mol. The lowest BCUT2D eigenvalue weighted by Gasteiger charge is -1.99. The molecule has 2 rings (SSSR count). The number of hydrogen-bond donors (Lipinski definition) is 0. The maximum Gasteiger partial charge on any atom is 0.127 e. The van der Waals surface area contributed by atoms with E-state index in [4.69, 9.17) is 0 Å². The molecule has 3 nitrogen and oxygen atoms in total. The molecule has 0 N–H and O–H groups in total. The molecular formula is C8H9N3S. The van der Waals surface area contributed by atoms with Gasteiger partial charge in [0.05, 0.1) is 5.88 Å². The minimum atomic E-state index is 0.935. The van der Waals surface area contributed by atoms with Gasteiger partial charge >= 0.3 is 0 Å². The van der Waals surface area contributed by atoms with Crippen LogP contribution in [0.4, 0.5) is 0 Å². The molecule has 1 aromatic rings. The first-order chi connectivity index (χ1) is 5.86. The fourth-order valence-corrected chi connectivity index (χ4v) is 1.85. The molecule has 0 saturated carbocycles. The fraction of sp³-hybridized carbons (Fsp3) is 0.250. The van der Waals surface area contributed by atoms with Crippen LogP contribution in [0.1, 0.15) is 5.56 Å². The molecule has 1 aromatic heterocycles. The summed E-state index contributed by atoms with van der Waals surface area (Å²) in [6, 6.07) is 3.95. The average molecular weight is 179 g/mol. The van der Waals surface area contributed by atoms with Gasteiger partial charge in [0.1, 0.15) is 5.04 Å². The van der Waals surface area contributed by atoms with Crippen LogP contribution in [0.2, 0.25) is 0 Å². The summed E-state index contributed by atoms with van der Waals surface area (Å²) in [6.45, 7) is 0. The summed E-state index contributed by atoms with van der Waals surface area (Å²) in [5.41, 5.74) is 1.10. The van der Waals surface area contributed by atoms with Gasteiger partial charge in [-0.25, -0.2) is 0 Å². The maximum atomic E-state index is 4.33. The Kier molecular flexibility index (Phi) is 1.99. The maximum absolute atomic E-state index is 4.33. The van der Waals surface area contributed by atoms with E-state index in [1.807, 2.05) is 30.4 Å². The second kappa shape index (κ2) is 3.15. The third-order valence-electron chi connectivity index (χ3n) is 1.56. The Morgan fingerprint density at radius 3 is 3.08 bits per heavy atom. The molecule has 0 bridgehead atoms. The summed E-state index contributed by atoms with van der Waals surface area (Å²) < 4.78 is 0. The summed E-state index contributed by atoms with van der Waals surface area (Å²) >= 11 is 1.74. The Bertz CT molecular complexity index is 296. The van der Waals surface area contributed by atoms with Gasteiger partial charge in [-0.2, -0.15) is 5.10 Å². The lowest BCUT2D eigenvalue weighted by atomic mass is 10.3. The highest BCUT2D eigenvalue weighted by molar-refractivity contribution is 8.14. The molecule has 0 saturated heterocycles. The second-order valence-electron chi connectivity index (χ2n) is 2.58. The standard InChI is InChI=1S/C8H9N3S/c1-11-6-12-8(10-11)7-3-2-4-9-5-7/h2-5H,6H2,1H3. The highest BCUT2D eigenvalue weighted by Gasteiger charge is 2.12. The predicted octanol–water partition coefficient (Wildman–Crippen LogP) is 1.38. The third-order valence-corrected chi connectivity index (χ3v) is 2.65. The molecule has 0 aromatic carbocycles. The van der Waals surface area contributed by atoms with Gasteiger partial charge in [0.25, 0.3) is 0 Å². The minimum Gasteiger partial charge on any atom is -0.289 e. The molecule has 2 heterocycles. The molecule has 4 heteroatoms. The van der Waals surface area contributed by atoms with Crippen molar-refractivity contribution in [2.75, 3.05) is 12.9 Å². The van der Waals surface area contributed by atoms with Crippen molar-refractivity contribution in [2.24, 2.45) is 5.10 Å². The Hall–Kier alpha value is -1.03. The van der Waals surface area contributed by atoms with Crippen LogP contribution in [0, 0.1) is 0 Å². The van der Waals surface area contributed by atoms with Gasteiger partial charge in [-0.05, 0) is 12.1 Å². The van der Waals surface area contributed by atoms with Crippen LogP contribution >= 0.6 is 11.8 Å². The topological polar surface area (TPSA) is 28.5 Å². The number of rotatable bonds is 1.